The number of benzene rings is 12. The van der Waals surface area contributed by atoms with E-state index in [0.717, 1.165) is 67.2 Å². The topological polar surface area (TPSA) is 45.2 Å². The van der Waals surface area contributed by atoms with Crippen molar-refractivity contribution in [3.8, 4) is 66.9 Å². The summed E-state index contributed by atoms with van der Waals surface area (Å²) in [5, 5.41) is 2.26. The van der Waals surface area contributed by atoms with E-state index < -0.39 is 0 Å². The number of rotatable bonds is 10. The van der Waals surface area contributed by atoms with Gasteiger partial charge in [0.1, 0.15) is 0 Å². The second-order valence-electron chi connectivity index (χ2n) is 25.0. The van der Waals surface area contributed by atoms with Crippen LogP contribution in [0.4, 0.5) is 34.1 Å². The molecular formula is C89H68IrN5-. The molecule has 3 aromatic heterocycles. The Bertz CT molecular complexity index is 4830. The zero-order chi connectivity index (χ0) is 63.6. The molecule has 15 aromatic rings. The molecule has 2 aliphatic carbocycles. The summed E-state index contributed by atoms with van der Waals surface area (Å²) >= 11 is 0. The number of para-hydroxylation sites is 2. The smallest absolute Gasteiger partial charge is 0.0970 e. The van der Waals surface area contributed by atoms with E-state index in [1.165, 1.54) is 77.9 Å². The molecule has 0 N–H and O–H groups in total. The summed E-state index contributed by atoms with van der Waals surface area (Å²) in [4.78, 5) is 18.3. The molecule has 2 aliphatic rings. The van der Waals surface area contributed by atoms with Crippen molar-refractivity contribution in [1.29, 1.82) is 0 Å². The number of hydrogen-bond donors (Lipinski definition) is 0. The molecule has 0 amide bonds. The van der Waals surface area contributed by atoms with Gasteiger partial charge in [-0.15, -0.1) is 35.9 Å². The van der Waals surface area contributed by atoms with Gasteiger partial charge in [0.2, 0.25) is 0 Å². The Hall–Kier alpha value is -11.1. The predicted molar refractivity (Wildman–Crippen MR) is 393 cm³/mol. The maximum absolute atomic E-state index is 4.67. The van der Waals surface area contributed by atoms with Crippen molar-refractivity contribution in [2.45, 2.75) is 38.5 Å². The van der Waals surface area contributed by atoms with Crippen molar-refractivity contribution < 1.29 is 20.1 Å². The molecule has 1 radical (unpaired) electrons. The van der Waals surface area contributed by atoms with Gasteiger partial charge in [-0.3, -0.25) is 9.97 Å². The fourth-order valence-corrected chi connectivity index (χ4v) is 14.0. The van der Waals surface area contributed by atoms with E-state index in [9.17, 15) is 0 Å². The van der Waals surface area contributed by atoms with Crippen LogP contribution >= 0.6 is 0 Å². The molecule has 12 aromatic carbocycles. The van der Waals surface area contributed by atoms with Crippen molar-refractivity contribution in [1.82, 2.24) is 15.0 Å². The van der Waals surface area contributed by atoms with Gasteiger partial charge in [-0.25, -0.2) is 0 Å². The Kier molecular flexibility index (Phi) is 17.1. The Morgan fingerprint density at radius 3 is 1.07 bits per heavy atom. The van der Waals surface area contributed by atoms with Crippen LogP contribution in [0.2, 0.25) is 0 Å². The molecule has 5 nitrogen and oxygen atoms in total. The third-order valence-electron chi connectivity index (χ3n) is 18.7. The molecule has 6 heteroatoms. The molecule has 0 spiro atoms. The van der Waals surface area contributed by atoms with E-state index in [0.29, 0.717) is 0 Å². The monoisotopic (exact) mass is 1400 g/mol. The summed E-state index contributed by atoms with van der Waals surface area (Å²) in [7, 11) is 0. The number of aromatic nitrogens is 3. The largest absolute Gasteiger partial charge is 0.310 e. The normalized spacial score (nSPS) is 12.5. The number of nitrogens with zero attached hydrogens (tertiary/aromatic N) is 5. The minimum absolute atomic E-state index is 0. The van der Waals surface area contributed by atoms with Gasteiger partial charge in [0, 0.05) is 94.4 Å². The first-order valence-electron chi connectivity index (χ1n) is 32.2. The van der Waals surface area contributed by atoms with Crippen molar-refractivity contribution in [3.63, 3.8) is 0 Å². The fourth-order valence-electron chi connectivity index (χ4n) is 14.0. The Balaban J connectivity index is 0.000000163. The molecule has 0 atom stereocenters. The summed E-state index contributed by atoms with van der Waals surface area (Å²) in [6.07, 6.45) is 5.54. The van der Waals surface area contributed by atoms with Gasteiger partial charge in [-0.2, -0.15) is 0 Å². The van der Waals surface area contributed by atoms with Crippen molar-refractivity contribution in [3.05, 3.63) is 368 Å². The zero-order valence-corrected chi connectivity index (χ0v) is 55.8. The molecule has 459 valence electrons. The molecule has 95 heavy (non-hydrogen) atoms. The zero-order valence-electron chi connectivity index (χ0n) is 53.4. The van der Waals surface area contributed by atoms with Crippen molar-refractivity contribution >= 4 is 55.9 Å². The van der Waals surface area contributed by atoms with Gasteiger partial charge in [0.05, 0.1) is 11.0 Å². The Labute approximate surface area is 570 Å². The summed E-state index contributed by atoms with van der Waals surface area (Å²) in [6.45, 7) is 9.39. The van der Waals surface area contributed by atoms with E-state index in [1.54, 1.807) is 6.20 Å². The van der Waals surface area contributed by atoms with Crippen LogP contribution in [-0.2, 0) is 30.9 Å². The van der Waals surface area contributed by atoms with Gasteiger partial charge in [-0.05, 0) is 175 Å². The predicted octanol–water partition coefficient (Wildman–Crippen LogP) is 23.6. The van der Waals surface area contributed by atoms with E-state index in [2.05, 4.69) is 325 Å². The number of anilines is 6. The maximum Gasteiger partial charge on any atom is 0.0970 e. The van der Waals surface area contributed by atoms with Crippen LogP contribution in [0.3, 0.4) is 0 Å². The average molecular weight is 1400 g/mol. The van der Waals surface area contributed by atoms with Crippen LogP contribution in [0.15, 0.2) is 340 Å². The van der Waals surface area contributed by atoms with Gasteiger partial charge >= 0.3 is 0 Å². The van der Waals surface area contributed by atoms with Crippen LogP contribution in [0.25, 0.3) is 88.7 Å². The summed E-state index contributed by atoms with van der Waals surface area (Å²) < 4.78 is 0. The van der Waals surface area contributed by atoms with Crippen LogP contribution in [0.5, 0.6) is 0 Å². The molecular weight excluding hydrogens is 1330 g/mol. The van der Waals surface area contributed by atoms with Gasteiger partial charge in [-0.1, -0.05) is 234 Å². The van der Waals surface area contributed by atoms with E-state index in [-0.39, 0.29) is 30.9 Å². The Morgan fingerprint density at radius 1 is 0.274 bits per heavy atom. The van der Waals surface area contributed by atoms with Gasteiger partial charge in [0.15, 0.2) is 0 Å². The first-order valence-corrected chi connectivity index (χ1v) is 32.2. The minimum Gasteiger partial charge on any atom is -0.310 e. The number of pyridine rings is 3. The first kappa shape index (κ1) is 61.4. The quantitative estimate of drug-likeness (QED) is 0.101. The maximum atomic E-state index is 4.67. The Morgan fingerprint density at radius 2 is 0.653 bits per heavy atom. The van der Waals surface area contributed by atoms with Crippen LogP contribution in [0.1, 0.15) is 49.9 Å². The van der Waals surface area contributed by atoms with Gasteiger partial charge < -0.3 is 14.8 Å². The second kappa shape index (κ2) is 26.5. The van der Waals surface area contributed by atoms with E-state index >= 15 is 0 Å². The van der Waals surface area contributed by atoms with Crippen molar-refractivity contribution in [2.75, 3.05) is 9.80 Å². The average Bonchev–Trinajstić information content (AvgIpc) is 1.60. The standard InChI is InChI=1S/C54H44N2.C24H16N2.C11H8N.Ir/c1-53(2)49-21-13-11-19-45(49)47-33-31-43(35-51(47)53)55(39-15-7-5-8-16-39)41-27-23-37(24-28-41)38-25-29-42(30-26-38)56(40-17-9-6-10-18-40)44-32-34-48-46-20-12-14-22-50(46)54(3,4)52(48)36-44;1-3-7-17(8-4-1)19-13-15-25-23-21(19)11-12-22-20(14-16-26-24(22)23)18-9-5-2-6-10-18;1-2-6-10(7-3-1)11-8-4-5-9-12-11;/h5-36H,1-4H3;1-16H;1-6,8-9H;/q;;-1;. The molecule has 3 heterocycles. The summed E-state index contributed by atoms with van der Waals surface area (Å²) in [5.74, 6) is 0. The van der Waals surface area contributed by atoms with Crippen LogP contribution in [-0.4, -0.2) is 15.0 Å². The van der Waals surface area contributed by atoms with Gasteiger partial charge in [0.25, 0.3) is 0 Å². The minimum atomic E-state index is -0.0700. The third kappa shape index (κ3) is 11.8. The molecule has 0 fully saturated rings. The van der Waals surface area contributed by atoms with E-state index in [1.807, 2.05) is 67.0 Å². The fraction of sp³-hybridized carbons (Fsp3) is 0.0674. The first-order chi connectivity index (χ1) is 46.2. The molecule has 0 unspecified atom stereocenters. The van der Waals surface area contributed by atoms with Crippen LogP contribution in [0, 0.1) is 6.07 Å². The SMILES string of the molecule is CC1(C)c2ccccc2-c2ccc(N(c3ccccc3)c3ccc(-c4ccc(N(c5ccccc5)c5ccc6c(c5)C(C)(C)c5ccccc5-6)cc4)cc3)cc21.[Ir].[c-]1ccccc1-c1ccccn1.c1ccc(-c2ccnc3c2ccc2c(-c4ccccc4)ccnc23)cc1. The molecule has 0 aliphatic heterocycles. The molecule has 0 saturated carbocycles. The summed E-state index contributed by atoms with van der Waals surface area (Å²) in [6, 6.07) is 117. The molecule has 17 rings (SSSR count). The van der Waals surface area contributed by atoms with E-state index in [4.69, 9.17) is 0 Å². The van der Waals surface area contributed by atoms with Crippen molar-refractivity contribution in [2.24, 2.45) is 0 Å². The number of fused-ring (bicyclic) bond motifs is 9. The molecule has 0 saturated heterocycles. The number of hydrogen-bond acceptors (Lipinski definition) is 5. The summed E-state index contributed by atoms with van der Waals surface area (Å²) in [5.41, 5.74) is 28.6. The van der Waals surface area contributed by atoms with Crippen LogP contribution < -0.4 is 9.80 Å². The second-order valence-corrected chi connectivity index (χ2v) is 25.0. The molecule has 0 bridgehead atoms. The third-order valence-corrected chi connectivity index (χ3v) is 18.7.